The molecule has 0 atom stereocenters. The van der Waals surface area contributed by atoms with Crippen LogP contribution in [0.25, 0.3) is 0 Å². The predicted octanol–water partition coefficient (Wildman–Crippen LogP) is 3.85. The Labute approximate surface area is 101 Å². The van der Waals surface area contributed by atoms with Crippen LogP contribution in [-0.4, -0.2) is 0 Å². The molecule has 2 heteroatoms. The first-order chi connectivity index (χ1) is 7.19. The Hall–Kier alpha value is -0.500. The van der Waals surface area contributed by atoms with E-state index in [1.165, 1.54) is 22.3 Å². The minimum absolute atomic E-state index is 0.927. The summed E-state index contributed by atoms with van der Waals surface area (Å²) in [6.07, 6.45) is 3.12. The Morgan fingerprint density at radius 3 is 2.00 bits per heavy atom. The van der Waals surface area contributed by atoms with Crippen LogP contribution in [0.4, 0.5) is 5.69 Å². The molecule has 0 bridgehead atoms. The van der Waals surface area contributed by atoms with Crippen LogP contribution in [0.2, 0.25) is 0 Å². The lowest BCUT2D eigenvalue weighted by Crippen LogP contribution is -2.06. The molecule has 1 nitrogen and oxygen atoms in total. The average Bonchev–Trinajstić information content (AvgIpc) is 2.28. The third-order valence-electron chi connectivity index (χ3n) is 3.00. The summed E-state index contributed by atoms with van der Waals surface area (Å²) in [5.74, 6) is 0. The standard InChI is InChI=1S/C13H20BrN/c1-4-9-7-10(8-14)11(5-2)12(6-3)13(9)15/h7H,4-6,8,15H2,1-3H3. The number of hydrogen-bond acceptors (Lipinski definition) is 1. The van der Waals surface area contributed by atoms with Crippen LogP contribution in [0.3, 0.4) is 0 Å². The molecule has 0 amide bonds. The second kappa shape index (κ2) is 5.55. The highest BCUT2D eigenvalue weighted by Gasteiger charge is 2.11. The summed E-state index contributed by atoms with van der Waals surface area (Å²) < 4.78 is 0. The summed E-state index contributed by atoms with van der Waals surface area (Å²) in [5.41, 5.74) is 12.7. The first-order valence-electron chi connectivity index (χ1n) is 5.67. The lowest BCUT2D eigenvalue weighted by Gasteiger charge is -2.17. The van der Waals surface area contributed by atoms with Crippen molar-refractivity contribution in [2.24, 2.45) is 0 Å². The molecule has 0 heterocycles. The van der Waals surface area contributed by atoms with E-state index < -0.39 is 0 Å². The number of hydrogen-bond donors (Lipinski definition) is 1. The van der Waals surface area contributed by atoms with E-state index in [4.69, 9.17) is 5.73 Å². The van der Waals surface area contributed by atoms with Crippen LogP contribution in [0, 0.1) is 0 Å². The fourth-order valence-corrected chi connectivity index (χ4v) is 2.68. The van der Waals surface area contributed by atoms with Crippen LogP contribution in [0.5, 0.6) is 0 Å². The van der Waals surface area contributed by atoms with E-state index in [1.54, 1.807) is 0 Å². The number of halogens is 1. The smallest absolute Gasteiger partial charge is 0.0381 e. The van der Waals surface area contributed by atoms with Gasteiger partial charge in [0.2, 0.25) is 0 Å². The summed E-state index contributed by atoms with van der Waals surface area (Å²) in [7, 11) is 0. The molecule has 0 radical (unpaired) electrons. The largest absolute Gasteiger partial charge is 0.398 e. The van der Waals surface area contributed by atoms with E-state index in [2.05, 4.69) is 42.8 Å². The van der Waals surface area contributed by atoms with Gasteiger partial charge in [0.05, 0.1) is 0 Å². The molecule has 0 fully saturated rings. The van der Waals surface area contributed by atoms with E-state index in [9.17, 15) is 0 Å². The highest BCUT2D eigenvalue weighted by Crippen LogP contribution is 2.28. The molecule has 0 spiro atoms. The zero-order valence-corrected chi connectivity index (χ0v) is 11.4. The second-order valence-corrected chi connectivity index (χ2v) is 4.32. The third-order valence-corrected chi connectivity index (χ3v) is 3.61. The molecule has 2 N–H and O–H groups in total. The molecule has 15 heavy (non-hydrogen) atoms. The molecule has 0 aromatic heterocycles. The molecule has 0 aliphatic rings. The van der Waals surface area contributed by atoms with E-state index >= 15 is 0 Å². The number of rotatable bonds is 4. The van der Waals surface area contributed by atoms with E-state index in [0.717, 1.165) is 30.3 Å². The van der Waals surface area contributed by atoms with Gasteiger partial charge in [0.15, 0.2) is 0 Å². The first-order valence-corrected chi connectivity index (χ1v) is 6.79. The second-order valence-electron chi connectivity index (χ2n) is 3.76. The molecule has 0 aliphatic carbocycles. The summed E-state index contributed by atoms with van der Waals surface area (Å²) in [5, 5.41) is 0.927. The highest BCUT2D eigenvalue weighted by molar-refractivity contribution is 9.08. The van der Waals surface area contributed by atoms with Gasteiger partial charge in [-0.2, -0.15) is 0 Å². The monoisotopic (exact) mass is 269 g/mol. The van der Waals surface area contributed by atoms with E-state index in [1.807, 2.05) is 0 Å². The van der Waals surface area contributed by atoms with Gasteiger partial charge in [0.1, 0.15) is 0 Å². The summed E-state index contributed by atoms with van der Waals surface area (Å²) >= 11 is 3.56. The molecule has 0 unspecified atom stereocenters. The van der Waals surface area contributed by atoms with Crippen molar-refractivity contribution in [2.75, 3.05) is 5.73 Å². The molecule has 84 valence electrons. The summed E-state index contributed by atoms with van der Waals surface area (Å²) in [6.45, 7) is 6.54. The maximum Gasteiger partial charge on any atom is 0.0381 e. The lowest BCUT2D eigenvalue weighted by atomic mass is 9.92. The van der Waals surface area contributed by atoms with Gasteiger partial charge in [-0.05, 0) is 41.5 Å². The zero-order valence-electron chi connectivity index (χ0n) is 9.86. The molecule has 1 rings (SSSR count). The van der Waals surface area contributed by atoms with Gasteiger partial charge in [-0.3, -0.25) is 0 Å². The first kappa shape index (κ1) is 12.6. The topological polar surface area (TPSA) is 26.0 Å². The molecule has 1 aromatic rings. The normalized spacial score (nSPS) is 10.7. The molecule has 0 aliphatic heterocycles. The van der Waals surface area contributed by atoms with Crippen LogP contribution in [0.15, 0.2) is 6.07 Å². The van der Waals surface area contributed by atoms with Crippen LogP contribution in [-0.2, 0) is 24.6 Å². The Morgan fingerprint density at radius 2 is 1.60 bits per heavy atom. The average molecular weight is 270 g/mol. The van der Waals surface area contributed by atoms with Crippen molar-refractivity contribution in [1.82, 2.24) is 0 Å². The van der Waals surface area contributed by atoms with Crippen molar-refractivity contribution in [3.8, 4) is 0 Å². The zero-order chi connectivity index (χ0) is 11.4. The maximum atomic E-state index is 6.19. The quantitative estimate of drug-likeness (QED) is 0.652. The van der Waals surface area contributed by atoms with Crippen molar-refractivity contribution in [1.29, 1.82) is 0 Å². The SMILES string of the molecule is CCc1cc(CBr)c(CC)c(CC)c1N. The molecule has 0 saturated carbocycles. The van der Waals surface area contributed by atoms with Crippen LogP contribution >= 0.6 is 15.9 Å². The number of benzene rings is 1. The molecular weight excluding hydrogens is 250 g/mol. The van der Waals surface area contributed by atoms with E-state index in [0.29, 0.717) is 0 Å². The van der Waals surface area contributed by atoms with Crippen molar-refractivity contribution >= 4 is 21.6 Å². The summed E-state index contributed by atoms with van der Waals surface area (Å²) in [4.78, 5) is 0. The minimum atomic E-state index is 0.927. The van der Waals surface area contributed by atoms with Gasteiger partial charge in [0, 0.05) is 11.0 Å². The van der Waals surface area contributed by atoms with Crippen LogP contribution < -0.4 is 5.73 Å². The third kappa shape index (κ3) is 2.36. The lowest BCUT2D eigenvalue weighted by molar-refractivity contribution is 0.999. The van der Waals surface area contributed by atoms with Crippen molar-refractivity contribution < 1.29 is 0 Å². The number of anilines is 1. The molecule has 1 aromatic carbocycles. The highest BCUT2D eigenvalue weighted by atomic mass is 79.9. The van der Waals surface area contributed by atoms with Gasteiger partial charge >= 0.3 is 0 Å². The maximum absolute atomic E-state index is 6.19. The fraction of sp³-hybridized carbons (Fsp3) is 0.538. The van der Waals surface area contributed by atoms with Gasteiger partial charge in [-0.1, -0.05) is 42.8 Å². The Morgan fingerprint density at radius 1 is 1.00 bits per heavy atom. The summed E-state index contributed by atoms with van der Waals surface area (Å²) in [6, 6.07) is 2.25. The van der Waals surface area contributed by atoms with Crippen molar-refractivity contribution in [3.63, 3.8) is 0 Å². The Bertz CT molecular complexity index is 345. The number of aryl methyl sites for hydroxylation is 1. The number of nitrogen functional groups attached to an aromatic ring is 1. The Balaban J connectivity index is 3.43. The van der Waals surface area contributed by atoms with Gasteiger partial charge in [0.25, 0.3) is 0 Å². The number of alkyl halides is 1. The van der Waals surface area contributed by atoms with Gasteiger partial charge < -0.3 is 5.73 Å². The van der Waals surface area contributed by atoms with E-state index in [-0.39, 0.29) is 0 Å². The van der Waals surface area contributed by atoms with Crippen molar-refractivity contribution in [2.45, 2.75) is 45.4 Å². The predicted molar refractivity (Wildman–Crippen MR) is 71.6 cm³/mol. The minimum Gasteiger partial charge on any atom is -0.398 e. The van der Waals surface area contributed by atoms with Crippen LogP contribution in [0.1, 0.15) is 43.0 Å². The molecule has 0 saturated heterocycles. The molecular formula is C13H20BrN. The Kier molecular flexibility index (Phi) is 4.65. The van der Waals surface area contributed by atoms with Crippen molar-refractivity contribution in [3.05, 3.63) is 28.3 Å². The number of nitrogens with two attached hydrogens (primary N) is 1. The van der Waals surface area contributed by atoms with Gasteiger partial charge in [-0.15, -0.1) is 0 Å². The fourth-order valence-electron chi connectivity index (χ4n) is 2.18. The van der Waals surface area contributed by atoms with Gasteiger partial charge in [-0.25, -0.2) is 0 Å².